The summed E-state index contributed by atoms with van der Waals surface area (Å²) < 4.78 is 28.2. The van der Waals surface area contributed by atoms with Crippen molar-refractivity contribution >= 4 is 27.7 Å². The predicted octanol–water partition coefficient (Wildman–Crippen LogP) is 3.75. The SMILES string of the molecule is Cc1ccnc(NC(=O)C2CCN(C(=O)c3cc(S(=O)(=O)N4CCCC[C@H]4C)ccc3C)CC2)c1. The van der Waals surface area contributed by atoms with E-state index >= 15 is 0 Å². The highest BCUT2D eigenvalue weighted by Gasteiger charge is 2.33. The van der Waals surface area contributed by atoms with Gasteiger partial charge in [0.05, 0.1) is 4.90 Å². The van der Waals surface area contributed by atoms with Crippen LogP contribution in [0.3, 0.4) is 0 Å². The van der Waals surface area contributed by atoms with Crippen LogP contribution in [0.4, 0.5) is 5.82 Å². The van der Waals surface area contributed by atoms with Gasteiger partial charge in [0.15, 0.2) is 0 Å². The first-order valence-corrected chi connectivity index (χ1v) is 13.8. The van der Waals surface area contributed by atoms with E-state index in [1.165, 1.54) is 6.07 Å². The molecule has 35 heavy (non-hydrogen) atoms. The van der Waals surface area contributed by atoms with E-state index in [4.69, 9.17) is 0 Å². The summed E-state index contributed by atoms with van der Waals surface area (Å²) in [6.45, 7) is 7.09. The summed E-state index contributed by atoms with van der Waals surface area (Å²) in [4.78, 5) is 32.1. The molecule has 2 saturated heterocycles. The van der Waals surface area contributed by atoms with Crippen LogP contribution in [0.15, 0.2) is 41.4 Å². The summed E-state index contributed by atoms with van der Waals surface area (Å²) in [5.74, 6) is 0.0560. The second-order valence-corrected chi connectivity index (χ2v) is 11.6. The Labute approximate surface area is 207 Å². The summed E-state index contributed by atoms with van der Waals surface area (Å²) in [6.07, 6.45) is 5.48. The molecule has 0 saturated carbocycles. The Morgan fingerprint density at radius 2 is 1.74 bits per heavy atom. The second kappa shape index (κ2) is 10.5. The summed E-state index contributed by atoms with van der Waals surface area (Å²) in [6, 6.07) is 8.48. The number of sulfonamides is 1. The van der Waals surface area contributed by atoms with Gasteiger partial charge in [-0.15, -0.1) is 0 Å². The fourth-order valence-corrected chi connectivity index (χ4v) is 6.63. The van der Waals surface area contributed by atoms with E-state index in [1.807, 2.05) is 32.9 Å². The maximum absolute atomic E-state index is 13.4. The fraction of sp³-hybridized carbons (Fsp3) is 0.500. The number of pyridine rings is 1. The van der Waals surface area contributed by atoms with Gasteiger partial charge >= 0.3 is 0 Å². The largest absolute Gasteiger partial charge is 0.339 e. The number of benzene rings is 1. The lowest BCUT2D eigenvalue weighted by molar-refractivity contribution is -0.121. The number of aryl methyl sites for hydroxylation is 2. The van der Waals surface area contributed by atoms with Crippen LogP contribution in [0.5, 0.6) is 0 Å². The molecular weight excluding hydrogens is 464 g/mol. The number of rotatable bonds is 5. The predicted molar refractivity (Wildman–Crippen MR) is 135 cm³/mol. The lowest BCUT2D eigenvalue weighted by Gasteiger charge is -2.33. The fourth-order valence-electron chi connectivity index (χ4n) is 4.90. The van der Waals surface area contributed by atoms with Gasteiger partial charge in [0.1, 0.15) is 5.82 Å². The normalized spacial score (nSPS) is 20.0. The molecule has 3 heterocycles. The van der Waals surface area contributed by atoms with Gasteiger partial charge in [0.2, 0.25) is 15.9 Å². The van der Waals surface area contributed by atoms with Crippen molar-refractivity contribution < 1.29 is 18.0 Å². The highest BCUT2D eigenvalue weighted by molar-refractivity contribution is 7.89. The molecule has 1 aromatic heterocycles. The number of carbonyl (C=O) groups excluding carboxylic acids is 2. The number of hydrogen-bond acceptors (Lipinski definition) is 5. The third-order valence-corrected chi connectivity index (χ3v) is 9.12. The molecule has 0 unspecified atom stereocenters. The van der Waals surface area contributed by atoms with Crippen LogP contribution in [0.2, 0.25) is 0 Å². The maximum atomic E-state index is 13.4. The molecule has 4 rings (SSSR count). The molecule has 0 radical (unpaired) electrons. The van der Waals surface area contributed by atoms with Crippen molar-refractivity contribution in [3.8, 4) is 0 Å². The van der Waals surface area contributed by atoms with Crippen molar-refractivity contribution in [2.24, 2.45) is 5.92 Å². The number of hydrogen-bond donors (Lipinski definition) is 1. The molecule has 188 valence electrons. The highest BCUT2D eigenvalue weighted by atomic mass is 32.2. The molecular formula is C26H34N4O4S. The van der Waals surface area contributed by atoms with E-state index in [-0.39, 0.29) is 28.7 Å². The van der Waals surface area contributed by atoms with E-state index in [2.05, 4.69) is 10.3 Å². The molecule has 2 aromatic rings. The summed E-state index contributed by atoms with van der Waals surface area (Å²) in [5.41, 5.74) is 2.17. The Hall–Kier alpha value is -2.78. The van der Waals surface area contributed by atoms with Crippen LogP contribution in [-0.4, -0.2) is 60.1 Å². The van der Waals surface area contributed by atoms with E-state index < -0.39 is 10.0 Å². The maximum Gasteiger partial charge on any atom is 0.254 e. The second-order valence-electron chi connectivity index (χ2n) is 9.71. The first-order chi connectivity index (χ1) is 16.7. The molecule has 0 aliphatic carbocycles. The number of nitrogens with zero attached hydrogens (tertiary/aromatic N) is 3. The number of aromatic nitrogens is 1. The van der Waals surface area contributed by atoms with Crippen LogP contribution in [-0.2, 0) is 14.8 Å². The first-order valence-electron chi connectivity index (χ1n) is 12.3. The Bertz CT molecular complexity index is 1210. The van der Waals surface area contributed by atoms with Crippen molar-refractivity contribution in [2.75, 3.05) is 25.0 Å². The minimum absolute atomic E-state index is 0.0469. The monoisotopic (exact) mass is 498 g/mol. The molecule has 2 aliphatic heterocycles. The molecule has 2 fully saturated rings. The van der Waals surface area contributed by atoms with E-state index in [0.717, 1.165) is 30.4 Å². The lowest BCUT2D eigenvalue weighted by Crippen LogP contribution is -2.42. The van der Waals surface area contributed by atoms with E-state index in [1.54, 1.807) is 27.5 Å². The van der Waals surface area contributed by atoms with Gasteiger partial charge in [0.25, 0.3) is 5.91 Å². The van der Waals surface area contributed by atoms with Gasteiger partial charge in [-0.05, 0) is 81.8 Å². The summed E-state index contributed by atoms with van der Waals surface area (Å²) in [5, 5.41) is 2.87. The van der Waals surface area contributed by atoms with Crippen LogP contribution < -0.4 is 5.32 Å². The molecule has 1 N–H and O–H groups in total. The Morgan fingerprint density at radius 1 is 1.00 bits per heavy atom. The zero-order chi connectivity index (χ0) is 25.2. The van der Waals surface area contributed by atoms with Crippen molar-refractivity contribution in [2.45, 2.75) is 63.8 Å². The molecule has 8 nitrogen and oxygen atoms in total. The summed E-state index contributed by atoms with van der Waals surface area (Å²) in [7, 11) is -3.66. The van der Waals surface area contributed by atoms with Gasteiger partial charge in [-0.25, -0.2) is 13.4 Å². The first kappa shape index (κ1) is 25.3. The average molecular weight is 499 g/mol. The van der Waals surface area contributed by atoms with Crippen LogP contribution >= 0.6 is 0 Å². The van der Waals surface area contributed by atoms with Crippen LogP contribution in [0.25, 0.3) is 0 Å². The number of nitrogens with one attached hydrogen (secondary N) is 1. The van der Waals surface area contributed by atoms with Gasteiger partial charge in [-0.3, -0.25) is 9.59 Å². The number of amides is 2. The van der Waals surface area contributed by atoms with Crippen LogP contribution in [0.1, 0.15) is 60.5 Å². The summed E-state index contributed by atoms with van der Waals surface area (Å²) >= 11 is 0. The van der Waals surface area contributed by atoms with Crippen molar-refractivity contribution in [3.05, 3.63) is 53.2 Å². The van der Waals surface area contributed by atoms with E-state index in [9.17, 15) is 18.0 Å². The van der Waals surface area contributed by atoms with Crippen molar-refractivity contribution in [1.82, 2.24) is 14.2 Å². The Morgan fingerprint density at radius 3 is 2.43 bits per heavy atom. The number of carbonyl (C=O) groups is 2. The third kappa shape index (κ3) is 5.56. The third-order valence-electron chi connectivity index (χ3n) is 7.11. The molecule has 2 aliphatic rings. The molecule has 1 aromatic carbocycles. The van der Waals surface area contributed by atoms with E-state index in [0.29, 0.717) is 43.9 Å². The smallest absolute Gasteiger partial charge is 0.254 e. The zero-order valence-electron chi connectivity index (χ0n) is 20.7. The topological polar surface area (TPSA) is 99.7 Å². The van der Waals surface area contributed by atoms with Crippen LogP contribution in [0, 0.1) is 19.8 Å². The van der Waals surface area contributed by atoms with Gasteiger partial charge in [-0.2, -0.15) is 4.31 Å². The zero-order valence-corrected chi connectivity index (χ0v) is 21.5. The number of likely N-dealkylation sites (tertiary alicyclic amines) is 1. The van der Waals surface area contributed by atoms with Gasteiger partial charge in [0, 0.05) is 43.4 Å². The minimum atomic E-state index is -3.66. The van der Waals surface area contributed by atoms with Crippen molar-refractivity contribution in [3.63, 3.8) is 0 Å². The average Bonchev–Trinajstić information content (AvgIpc) is 2.84. The molecule has 0 spiro atoms. The Balaban J connectivity index is 1.43. The minimum Gasteiger partial charge on any atom is -0.339 e. The molecule has 0 bridgehead atoms. The van der Waals surface area contributed by atoms with Crippen molar-refractivity contribution in [1.29, 1.82) is 0 Å². The quantitative estimate of drug-likeness (QED) is 0.677. The van der Waals surface area contributed by atoms with Gasteiger partial charge < -0.3 is 10.2 Å². The number of piperidine rings is 2. The number of anilines is 1. The molecule has 1 atom stereocenters. The lowest BCUT2D eigenvalue weighted by atomic mass is 9.95. The highest BCUT2D eigenvalue weighted by Crippen LogP contribution is 2.28. The van der Waals surface area contributed by atoms with Gasteiger partial charge in [-0.1, -0.05) is 12.5 Å². The molecule has 9 heteroatoms. The molecule has 2 amide bonds. The Kier molecular flexibility index (Phi) is 7.56. The standard InChI is InChI=1S/C26H34N4O4S/c1-18-9-12-27-24(16-18)28-25(31)21-10-14-29(15-11-21)26(32)23-17-22(8-7-19(23)2)35(33,34)30-13-5-4-6-20(30)3/h7-9,12,16-17,20-21H,4-6,10-11,13-15H2,1-3H3,(H,27,28,31)/t20-/m1/s1.